The van der Waals surface area contributed by atoms with E-state index in [9.17, 15) is 0 Å². The number of thiazole rings is 1. The van der Waals surface area contributed by atoms with Gasteiger partial charge in [-0.2, -0.15) is 0 Å². The van der Waals surface area contributed by atoms with Crippen LogP contribution >= 0.6 is 11.3 Å². The Morgan fingerprint density at radius 1 is 1.39 bits per heavy atom. The minimum atomic E-state index is 0.417. The van der Waals surface area contributed by atoms with Crippen LogP contribution in [-0.2, 0) is 6.54 Å². The number of nitrogens with zero attached hydrogens (tertiary/aromatic N) is 3. The lowest BCUT2D eigenvalue weighted by Gasteiger charge is -1.95. The summed E-state index contributed by atoms with van der Waals surface area (Å²) >= 11 is 1.56. The van der Waals surface area contributed by atoms with E-state index >= 15 is 0 Å². The number of hydrogen-bond donors (Lipinski definition) is 1. The molecule has 3 aromatic rings. The molecular formula is C11H10N4O2S. The molecule has 0 atom stereocenters. The highest BCUT2D eigenvalue weighted by Crippen LogP contribution is 2.25. The molecule has 0 saturated carbocycles. The number of rotatable bonds is 4. The second-order valence-electron chi connectivity index (χ2n) is 3.59. The minimum Gasteiger partial charge on any atom is -0.462 e. The molecule has 0 unspecified atom stereocenters. The molecule has 0 spiro atoms. The predicted octanol–water partition coefficient (Wildman–Crippen LogP) is 2.71. The fourth-order valence-corrected chi connectivity index (χ4v) is 2.25. The van der Waals surface area contributed by atoms with Crippen LogP contribution < -0.4 is 5.32 Å². The van der Waals surface area contributed by atoms with Gasteiger partial charge in [0, 0.05) is 18.0 Å². The van der Waals surface area contributed by atoms with Crippen molar-refractivity contribution in [1.29, 1.82) is 0 Å². The smallest absolute Gasteiger partial charge is 0.315 e. The summed E-state index contributed by atoms with van der Waals surface area (Å²) in [5.74, 6) is 1.32. The molecule has 3 aromatic heterocycles. The molecule has 0 bridgehead atoms. The molecule has 0 aliphatic carbocycles. The molecule has 0 amide bonds. The van der Waals surface area contributed by atoms with Crippen LogP contribution in [0.5, 0.6) is 0 Å². The zero-order valence-corrected chi connectivity index (χ0v) is 10.4. The van der Waals surface area contributed by atoms with Gasteiger partial charge >= 0.3 is 6.01 Å². The van der Waals surface area contributed by atoms with E-state index < -0.39 is 0 Å². The Kier molecular flexibility index (Phi) is 2.81. The zero-order valence-electron chi connectivity index (χ0n) is 9.58. The molecule has 0 radical (unpaired) electrons. The quantitative estimate of drug-likeness (QED) is 0.779. The van der Waals surface area contributed by atoms with E-state index in [1.54, 1.807) is 30.7 Å². The van der Waals surface area contributed by atoms with Crippen LogP contribution in [-0.4, -0.2) is 15.2 Å². The number of hydrogen-bond acceptors (Lipinski definition) is 7. The summed E-state index contributed by atoms with van der Waals surface area (Å²) in [5, 5.41) is 11.5. The van der Waals surface area contributed by atoms with Crippen molar-refractivity contribution < 1.29 is 8.83 Å². The summed E-state index contributed by atoms with van der Waals surface area (Å²) < 4.78 is 10.5. The second kappa shape index (κ2) is 4.61. The van der Waals surface area contributed by atoms with Crippen molar-refractivity contribution in [3.8, 4) is 10.8 Å². The third kappa shape index (κ3) is 2.25. The fraction of sp³-hybridized carbons (Fsp3) is 0.182. The van der Waals surface area contributed by atoms with Crippen LogP contribution in [0.4, 0.5) is 6.01 Å². The molecule has 3 rings (SSSR count). The van der Waals surface area contributed by atoms with Gasteiger partial charge in [-0.3, -0.25) is 0 Å². The highest BCUT2D eigenvalue weighted by Gasteiger charge is 2.08. The van der Waals surface area contributed by atoms with Crippen molar-refractivity contribution in [2.24, 2.45) is 0 Å². The lowest BCUT2D eigenvalue weighted by molar-refractivity contribution is 0.531. The first-order chi connectivity index (χ1) is 8.81. The Hall–Kier alpha value is -2.15. The Balaban J connectivity index is 1.67. The topological polar surface area (TPSA) is 77.0 Å². The first-order valence-electron chi connectivity index (χ1n) is 5.34. The van der Waals surface area contributed by atoms with Crippen molar-refractivity contribution in [1.82, 2.24) is 15.2 Å². The van der Waals surface area contributed by atoms with Crippen molar-refractivity contribution >= 4 is 17.4 Å². The number of aromatic nitrogens is 3. The third-order valence-electron chi connectivity index (χ3n) is 2.23. The Bertz CT molecular complexity index is 629. The lowest BCUT2D eigenvalue weighted by Crippen LogP contribution is -1.97. The molecule has 0 aromatic carbocycles. The van der Waals surface area contributed by atoms with Gasteiger partial charge in [0.15, 0.2) is 10.8 Å². The van der Waals surface area contributed by atoms with Crippen LogP contribution in [0.2, 0.25) is 0 Å². The molecule has 7 heteroatoms. The van der Waals surface area contributed by atoms with Gasteiger partial charge in [-0.15, -0.1) is 16.4 Å². The number of aryl methyl sites for hydroxylation is 1. The fourth-order valence-electron chi connectivity index (χ4n) is 1.43. The first-order valence-corrected chi connectivity index (χ1v) is 6.15. The molecule has 92 valence electrons. The highest BCUT2D eigenvalue weighted by molar-refractivity contribution is 7.14. The van der Waals surface area contributed by atoms with E-state index in [0.717, 1.165) is 15.6 Å². The van der Waals surface area contributed by atoms with Crippen molar-refractivity contribution in [2.45, 2.75) is 13.5 Å². The maximum atomic E-state index is 5.29. The minimum absolute atomic E-state index is 0.417. The first kappa shape index (κ1) is 11.0. The van der Waals surface area contributed by atoms with E-state index in [0.29, 0.717) is 18.5 Å². The van der Waals surface area contributed by atoms with Gasteiger partial charge in [0.2, 0.25) is 5.89 Å². The molecule has 0 aliphatic rings. The number of furan rings is 1. The van der Waals surface area contributed by atoms with E-state index in [2.05, 4.69) is 20.5 Å². The van der Waals surface area contributed by atoms with Crippen LogP contribution in [0.3, 0.4) is 0 Å². The van der Waals surface area contributed by atoms with Gasteiger partial charge < -0.3 is 14.2 Å². The van der Waals surface area contributed by atoms with Gasteiger partial charge in [0.25, 0.3) is 0 Å². The Labute approximate surface area is 107 Å². The molecule has 1 N–H and O–H groups in total. The zero-order chi connectivity index (χ0) is 12.4. The standard InChI is InChI=1S/C11H10N4O2S/c1-7-14-15-11(17-7)13-6-8-5-12-10(18-8)9-3-2-4-16-9/h2-5H,6H2,1H3,(H,13,15). The molecule has 0 fully saturated rings. The molecule has 18 heavy (non-hydrogen) atoms. The average molecular weight is 262 g/mol. The summed E-state index contributed by atoms with van der Waals surface area (Å²) in [6, 6.07) is 4.15. The third-order valence-corrected chi connectivity index (χ3v) is 3.24. The summed E-state index contributed by atoms with van der Waals surface area (Å²) in [6.07, 6.45) is 3.44. The maximum absolute atomic E-state index is 5.29. The number of nitrogens with one attached hydrogen (secondary N) is 1. The van der Waals surface area contributed by atoms with Gasteiger partial charge in [0.1, 0.15) is 0 Å². The largest absolute Gasteiger partial charge is 0.462 e. The molecular weight excluding hydrogens is 252 g/mol. The normalized spacial score (nSPS) is 10.7. The van der Waals surface area contributed by atoms with Crippen LogP contribution in [0.15, 0.2) is 33.4 Å². The Morgan fingerprint density at radius 3 is 3.06 bits per heavy atom. The SMILES string of the molecule is Cc1nnc(NCc2cnc(-c3ccco3)s2)o1. The summed E-state index contributed by atoms with van der Waals surface area (Å²) in [5.41, 5.74) is 0. The summed E-state index contributed by atoms with van der Waals surface area (Å²) in [6.45, 7) is 2.35. The van der Waals surface area contributed by atoms with Crippen LogP contribution in [0.1, 0.15) is 10.8 Å². The average Bonchev–Trinajstić information content (AvgIpc) is 3.07. The monoisotopic (exact) mass is 262 g/mol. The van der Waals surface area contributed by atoms with Gasteiger partial charge in [-0.1, -0.05) is 5.10 Å². The van der Waals surface area contributed by atoms with Gasteiger partial charge in [-0.25, -0.2) is 4.98 Å². The van der Waals surface area contributed by atoms with Crippen LogP contribution in [0.25, 0.3) is 10.8 Å². The van der Waals surface area contributed by atoms with Crippen LogP contribution in [0, 0.1) is 6.92 Å². The second-order valence-corrected chi connectivity index (χ2v) is 4.70. The predicted molar refractivity (Wildman–Crippen MR) is 66.2 cm³/mol. The maximum Gasteiger partial charge on any atom is 0.315 e. The molecule has 0 saturated heterocycles. The lowest BCUT2D eigenvalue weighted by atomic mass is 10.5. The van der Waals surface area contributed by atoms with E-state index in [4.69, 9.17) is 8.83 Å². The summed E-state index contributed by atoms with van der Waals surface area (Å²) in [4.78, 5) is 5.36. The summed E-state index contributed by atoms with van der Waals surface area (Å²) in [7, 11) is 0. The van der Waals surface area contributed by atoms with Gasteiger partial charge in [-0.05, 0) is 12.1 Å². The molecule has 0 aliphatic heterocycles. The molecule has 3 heterocycles. The van der Waals surface area contributed by atoms with Crippen molar-refractivity contribution in [3.05, 3.63) is 35.4 Å². The van der Waals surface area contributed by atoms with E-state index in [1.807, 2.05) is 12.1 Å². The highest BCUT2D eigenvalue weighted by atomic mass is 32.1. The van der Waals surface area contributed by atoms with E-state index in [1.165, 1.54) is 0 Å². The Morgan fingerprint density at radius 2 is 2.33 bits per heavy atom. The van der Waals surface area contributed by atoms with Gasteiger partial charge in [0.05, 0.1) is 12.8 Å². The van der Waals surface area contributed by atoms with E-state index in [-0.39, 0.29) is 0 Å². The number of anilines is 1. The molecule has 6 nitrogen and oxygen atoms in total. The van der Waals surface area contributed by atoms with Crippen molar-refractivity contribution in [2.75, 3.05) is 5.32 Å². The van der Waals surface area contributed by atoms with Crippen molar-refractivity contribution in [3.63, 3.8) is 0 Å².